The number of benzene rings is 1. The van der Waals surface area contributed by atoms with E-state index in [1.54, 1.807) is 6.07 Å². The average molecular weight is 315 g/mol. The second-order valence-corrected chi connectivity index (χ2v) is 7.69. The van der Waals surface area contributed by atoms with E-state index in [4.69, 9.17) is 0 Å². The molecule has 0 N–H and O–H groups in total. The predicted molar refractivity (Wildman–Crippen MR) is 80.7 cm³/mol. The third-order valence-electron chi connectivity index (χ3n) is 3.11. The average Bonchev–Trinajstić information content (AvgIpc) is 2.18. The van der Waals surface area contributed by atoms with Crippen LogP contribution in [0.25, 0.3) is 0 Å². The van der Waals surface area contributed by atoms with E-state index < -0.39 is 0 Å². The minimum atomic E-state index is -0.124. The molecule has 0 saturated carbocycles. The van der Waals surface area contributed by atoms with Gasteiger partial charge in [-0.15, -0.1) is 0 Å². The maximum Gasteiger partial charge on any atom is 0.126 e. The topological polar surface area (TPSA) is 0 Å². The standard InChI is InChI=1S/C16H24BrF/c1-11(10-16(3,4)5)8-14(17)13-6-7-15(18)12(2)9-13/h6-7,9,11,14H,8,10H2,1-5H3. The van der Waals surface area contributed by atoms with Gasteiger partial charge in [-0.3, -0.25) is 0 Å². The zero-order valence-electron chi connectivity index (χ0n) is 12.1. The highest BCUT2D eigenvalue weighted by molar-refractivity contribution is 9.09. The highest BCUT2D eigenvalue weighted by atomic mass is 79.9. The maximum absolute atomic E-state index is 13.2. The molecule has 2 atom stereocenters. The quantitative estimate of drug-likeness (QED) is 0.595. The fraction of sp³-hybridized carbons (Fsp3) is 0.625. The highest BCUT2D eigenvalue weighted by Crippen LogP contribution is 2.35. The van der Waals surface area contributed by atoms with Gasteiger partial charge in [-0.1, -0.05) is 55.8 Å². The Balaban J connectivity index is 2.64. The summed E-state index contributed by atoms with van der Waals surface area (Å²) in [4.78, 5) is 0.314. The number of hydrogen-bond donors (Lipinski definition) is 0. The SMILES string of the molecule is Cc1cc(C(Br)CC(C)CC(C)(C)C)ccc1F. The van der Waals surface area contributed by atoms with Crippen LogP contribution in [0.15, 0.2) is 18.2 Å². The molecule has 2 unspecified atom stereocenters. The number of halogens is 2. The second-order valence-electron chi connectivity index (χ2n) is 6.58. The van der Waals surface area contributed by atoms with E-state index in [9.17, 15) is 4.39 Å². The van der Waals surface area contributed by atoms with Crippen molar-refractivity contribution in [3.05, 3.63) is 35.1 Å². The van der Waals surface area contributed by atoms with Gasteiger partial charge in [0.15, 0.2) is 0 Å². The molecule has 0 spiro atoms. The van der Waals surface area contributed by atoms with E-state index in [1.165, 1.54) is 12.0 Å². The zero-order chi connectivity index (χ0) is 13.9. The van der Waals surface area contributed by atoms with Gasteiger partial charge < -0.3 is 0 Å². The van der Waals surface area contributed by atoms with Crippen molar-refractivity contribution in [1.82, 2.24) is 0 Å². The van der Waals surface area contributed by atoms with Crippen LogP contribution in [-0.4, -0.2) is 0 Å². The fourth-order valence-corrected chi connectivity index (χ4v) is 3.40. The molecule has 102 valence electrons. The molecule has 0 nitrogen and oxygen atoms in total. The Hall–Kier alpha value is -0.370. The molecular weight excluding hydrogens is 291 g/mol. The summed E-state index contributed by atoms with van der Waals surface area (Å²) in [5.41, 5.74) is 2.26. The van der Waals surface area contributed by atoms with Crippen molar-refractivity contribution in [3.63, 3.8) is 0 Å². The molecule has 0 aromatic heterocycles. The van der Waals surface area contributed by atoms with Crippen LogP contribution < -0.4 is 0 Å². The van der Waals surface area contributed by atoms with Gasteiger partial charge in [-0.05, 0) is 48.3 Å². The molecule has 0 heterocycles. The van der Waals surface area contributed by atoms with E-state index >= 15 is 0 Å². The lowest BCUT2D eigenvalue weighted by Crippen LogP contribution is -2.12. The van der Waals surface area contributed by atoms with Gasteiger partial charge in [0.1, 0.15) is 5.82 Å². The second kappa shape index (κ2) is 6.18. The first-order chi connectivity index (χ1) is 8.19. The molecule has 1 rings (SSSR count). The van der Waals surface area contributed by atoms with Gasteiger partial charge in [0, 0.05) is 4.83 Å². The minimum absolute atomic E-state index is 0.124. The van der Waals surface area contributed by atoms with Crippen molar-refractivity contribution in [2.75, 3.05) is 0 Å². The van der Waals surface area contributed by atoms with Crippen LogP contribution in [-0.2, 0) is 0 Å². The normalized spacial score (nSPS) is 15.5. The summed E-state index contributed by atoms with van der Waals surface area (Å²) in [5, 5.41) is 0. The van der Waals surface area contributed by atoms with Gasteiger partial charge in [0.05, 0.1) is 0 Å². The van der Waals surface area contributed by atoms with Gasteiger partial charge in [-0.25, -0.2) is 4.39 Å². The summed E-state index contributed by atoms with van der Waals surface area (Å²) >= 11 is 3.73. The monoisotopic (exact) mass is 314 g/mol. The Labute approximate surface area is 119 Å². The number of hydrogen-bond acceptors (Lipinski definition) is 0. The largest absolute Gasteiger partial charge is 0.207 e. The van der Waals surface area contributed by atoms with Crippen molar-refractivity contribution >= 4 is 15.9 Å². The molecule has 0 aliphatic rings. The van der Waals surface area contributed by atoms with Crippen molar-refractivity contribution < 1.29 is 4.39 Å². The van der Waals surface area contributed by atoms with E-state index in [2.05, 4.69) is 43.6 Å². The van der Waals surface area contributed by atoms with Crippen LogP contribution in [0.5, 0.6) is 0 Å². The van der Waals surface area contributed by atoms with Crippen LogP contribution in [0, 0.1) is 24.1 Å². The Morgan fingerprint density at radius 3 is 2.39 bits per heavy atom. The lowest BCUT2D eigenvalue weighted by Gasteiger charge is -2.25. The molecule has 0 fully saturated rings. The van der Waals surface area contributed by atoms with Crippen LogP contribution in [0.3, 0.4) is 0 Å². The van der Waals surface area contributed by atoms with E-state index in [-0.39, 0.29) is 5.82 Å². The molecular formula is C16H24BrF. The van der Waals surface area contributed by atoms with Crippen LogP contribution in [0.2, 0.25) is 0 Å². The molecule has 18 heavy (non-hydrogen) atoms. The molecule has 0 amide bonds. The lowest BCUT2D eigenvalue weighted by atomic mass is 9.83. The summed E-state index contributed by atoms with van der Waals surface area (Å²) in [5.74, 6) is 0.529. The summed E-state index contributed by atoms with van der Waals surface area (Å²) in [6.45, 7) is 10.9. The van der Waals surface area contributed by atoms with Crippen molar-refractivity contribution in [2.45, 2.75) is 52.3 Å². The Bertz CT molecular complexity index is 393. The van der Waals surface area contributed by atoms with Crippen LogP contribution in [0.1, 0.15) is 56.5 Å². The highest BCUT2D eigenvalue weighted by Gasteiger charge is 2.19. The smallest absolute Gasteiger partial charge is 0.126 e. The Morgan fingerprint density at radius 1 is 1.28 bits per heavy atom. The summed E-state index contributed by atoms with van der Waals surface area (Å²) in [6.07, 6.45) is 2.29. The number of rotatable bonds is 4. The van der Waals surface area contributed by atoms with E-state index in [0.29, 0.717) is 16.2 Å². The molecule has 0 aliphatic carbocycles. The minimum Gasteiger partial charge on any atom is -0.207 e. The lowest BCUT2D eigenvalue weighted by molar-refractivity contribution is 0.296. The maximum atomic E-state index is 13.2. The molecule has 1 aromatic carbocycles. The first-order valence-corrected chi connectivity index (χ1v) is 7.51. The third kappa shape index (κ3) is 5.09. The Morgan fingerprint density at radius 2 is 1.89 bits per heavy atom. The molecule has 1 aromatic rings. The van der Waals surface area contributed by atoms with Crippen molar-refractivity contribution in [1.29, 1.82) is 0 Å². The fourth-order valence-electron chi connectivity index (χ4n) is 2.48. The first kappa shape index (κ1) is 15.7. The molecule has 2 heteroatoms. The van der Waals surface area contributed by atoms with Crippen LogP contribution >= 0.6 is 15.9 Å². The predicted octanol–water partition coefficient (Wildman–Crippen LogP) is 6.03. The third-order valence-corrected chi connectivity index (χ3v) is 4.02. The summed E-state index contributed by atoms with van der Waals surface area (Å²) in [6, 6.07) is 5.39. The first-order valence-electron chi connectivity index (χ1n) is 6.59. The molecule has 0 aliphatic heterocycles. The Kier molecular flexibility index (Phi) is 5.39. The summed E-state index contributed by atoms with van der Waals surface area (Å²) < 4.78 is 13.2. The zero-order valence-corrected chi connectivity index (χ0v) is 13.6. The molecule has 0 bridgehead atoms. The van der Waals surface area contributed by atoms with Crippen molar-refractivity contribution in [2.24, 2.45) is 11.3 Å². The van der Waals surface area contributed by atoms with Gasteiger partial charge in [-0.2, -0.15) is 0 Å². The number of aryl methyl sites for hydroxylation is 1. The van der Waals surface area contributed by atoms with E-state index in [0.717, 1.165) is 12.0 Å². The van der Waals surface area contributed by atoms with E-state index in [1.807, 2.05) is 19.1 Å². The summed E-state index contributed by atoms with van der Waals surface area (Å²) in [7, 11) is 0. The van der Waals surface area contributed by atoms with Gasteiger partial charge >= 0.3 is 0 Å². The molecule has 0 radical (unpaired) electrons. The van der Waals surface area contributed by atoms with Gasteiger partial charge in [0.2, 0.25) is 0 Å². The van der Waals surface area contributed by atoms with Crippen LogP contribution in [0.4, 0.5) is 4.39 Å². The van der Waals surface area contributed by atoms with Gasteiger partial charge in [0.25, 0.3) is 0 Å². The van der Waals surface area contributed by atoms with Crippen molar-refractivity contribution in [3.8, 4) is 0 Å². The molecule has 0 saturated heterocycles. The number of alkyl halides is 1.